The Morgan fingerprint density at radius 3 is 2.64 bits per heavy atom. The molecule has 1 aromatic heterocycles. The predicted molar refractivity (Wildman–Crippen MR) is 80.2 cm³/mol. The van der Waals surface area contributed by atoms with Crippen LogP contribution in [0.4, 0.5) is 4.39 Å². The monoisotopic (exact) mass is 304 g/mol. The smallest absolute Gasteiger partial charge is 0.310 e. The van der Waals surface area contributed by atoms with E-state index in [0.717, 1.165) is 0 Å². The summed E-state index contributed by atoms with van der Waals surface area (Å²) in [6.07, 6.45) is 0. The van der Waals surface area contributed by atoms with Crippen LogP contribution in [0.25, 0.3) is 10.9 Å². The molecule has 0 fully saturated rings. The molecule has 0 spiro atoms. The molecular formula is C16H17FN2O3. The molecule has 6 heteroatoms. The predicted octanol–water partition coefficient (Wildman–Crippen LogP) is 2.52. The molecule has 5 nitrogen and oxygen atoms in total. The van der Waals surface area contributed by atoms with Gasteiger partial charge in [-0.2, -0.15) is 0 Å². The van der Waals surface area contributed by atoms with E-state index in [1.807, 2.05) is 0 Å². The molecule has 2 rings (SSSR count). The van der Waals surface area contributed by atoms with Gasteiger partial charge in [0.2, 0.25) is 0 Å². The van der Waals surface area contributed by atoms with Gasteiger partial charge in [-0.15, -0.1) is 0 Å². The van der Waals surface area contributed by atoms with Gasteiger partial charge in [-0.1, -0.05) is 0 Å². The number of amides is 1. The summed E-state index contributed by atoms with van der Waals surface area (Å²) in [5.74, 6) is -1.78. The van der Waals surface area contributed by atoms with Crippen LogP contribution < -0.4 is 5.32 Å². The van der Waals surface area contributed by atoms with Gasteiger partial charge >= 0.3 is 5.97 Å². The van der Waals surface area contributed by atoms with E-state index in [2.05, 4.69) is 10.3 Å². The fourth-order valence-electron chi connectivity index (χ4n) is 1.94. The number of hydrogen-bond acceptors (Lipinski definition) is 3. The molecule has 22 heavy (non-hydrogen) atoms. The minimum atomic E-state index is -1.06. The van der Waals surface area contributed by atoms with Crippen LogP contribution in [0.5, 0.6) is 0 Å². The van der Waals surface area contributed by atoms with E-state index in [9.17, 15) is 14.0 Å². The number of aromatic nitrogens is 1. The van der Waals surface area contributed by atoms with Gasteiger partial charge in [-0.05, 0) is 39.0 Å². The summed E-state index contributed by atoms with van der Waals surface area (Å²) in [4.78, 5) is 27.5. The first-order valence-electron chi connectivity index (χ1n) is 6.79. The van der Waals surface area contributed by atoms with Crippen LogP contribution in [0, 0.1) is 18.2 Å². The molecule has 116 valence electrons. The maximum Gasteiger partial charge on any atom is 0.310 e. The molecule has 1 aromatic carbocycles. The lowest BCUT2D eigenvalue weighted by molar-refractivity contribution is -0.146. The van der Waals surface area contributed by atoms with E-state index in [0.29, 0.717) is 22.2 Å². The Bertz CT molecular complexity index is 756. The summed E-state index contributed by atoms with van der Waals surface area (Å²) in [6, 6.07) is 5.78. The molecule has 0 unspecified atom stereocenters. The highest BCUT2D eigenvalue weighted by molar-refractivity contribution is 5.98. The summed E-state index contributed by atoms with van der Waals surface area (Å²) >= 11 is 0. The van der Waals surface area contributed by atoms with Gasteiger partial charge in [-0.3, -0.25) is 14.6 Å². The van der Waals surface area contributed by atoms with Gasteiger partial charge in [0.05, 0.1) is 22.2 Å². The SMILES string of the molecule is Cc1nc2cc(F)ccc2cc1C(=O)NCC(C)(C)C(=O)O. The first-order valence-corrected chi connectivity index (χ1v) is 6.79. The molecule has 0 bridgehead atoms. The van der Waals surface area contributed by atoms with E-state index in [1.54, 1.807) is 19.1 Å². The van der Waals surface area contributed by atoms with Crippen LogP contribution in [-0.2, 0) is 4.79 Å². The molecule has 0 atom stereocenters. The van der Waals surface area contributed by atoms with Crippen molar-refractivity contribution >= 4 is 22.8 Å². The number of benzene rings is 1. The summed E-state index contributed by atoms with van der Waals surface area (Å²) in [5.41, 5.74) is 0.223. The summed E-state index contributed by atoms with van der Waals surface area (Å²) in [7, 11) is 0. The number of fused-ring (bicyclic) bond motifs is 1. The quantitative estimate of drug-likeness (QED) is 0.909. The van der Waals surface area contributed by atoms with Gasteiger partial charge in [0, 0.05) is 18.0 Å². The maximum absolute atomic E-state index is 13.2. The van der Waals surface area contributed by atoms with Crippen molar-refractivity contribution in [1.82, 2.24) is 10.3 Å². The van der Waals surface area contributed by atoms with Crippen molar-refractivity contribution in [2.24, 2.45) is 5.41 Å². The Kier molecular flexibility index (Phi) is 4.12. The Hall–Kier alpha value is -2.50. The number of nitrogens with one attached hydrogen (secondary N) is 1. The van der Waals surface area contributed by atoms with Crippen molar-refractivity contribution in [3.63, 3.8) is 0 Å². The Balaban J connectivity index is 2.26. The topological polar surface area (TPSA) is 79.3 Å². The average molecular weight is 304 g/mol. The molecule has 0 aliphatic carbocycles. The Labute approximate surface area is 127 Å². The van der Waals surface area contributed by atoms with Gasteiger partial charge in [0.25, 0.3) is 5.91 Å². The van der Waals surface area contributed by atoms with Crippen LogP contribution in [0.2, 0.25) is 0 Å². The highest BCUT2D eigenvalue weighted by Crippen LogP contribution is 2.18. The van der Waals surface area contributed by atoms with Crippen LogP contribution in [-0.4, -0.2) is 28.5 Å². The molecule has 2 N–H and O–H groups in total. The highest BCUT2D eigenvalue weighted by atomic mass is 19.1. The van der Waals surface area contributed by atoms with Gasteiger partial charge in [0.15, 0.2) is 0 Å². The minimum absolute atomic E-state index is 0.00205. The second-order valence-electron chi connectivity index (χ2n) is 5.83. The number of rotatable bonds is 4. The number of carbonyl (C=O) groups is 2. The number of pyridine rings is 1. The molecule has 0 aliphatic heterocycles. The summed E-state index contributed by atoms with van der Waals surface area (Å²) in [5, 5.41) is 12.3. The first-order chi connectivity index (χ1) is 10.2. The van der Waals surface area contributed by atoms with Crippen LogP contribution >= 0.6 is 0 Å². The van der Waals surface area contributed by atoms with Crippen molar-refractivity contribution in [2.45, 2.75) is 20.8 Å². The fourth-order valence-corrected chi connectivity index (χ4v) is 1.94. The summed E-state index contributed by atoms with van der Waals surface area (Å²) in [6.45, 7) is 4.72. The standard InChI is InChI=1S/C16H17FN2O3/c1-9-12(14(20)18-8-16(2,3)15(21)22)6-10-4-5-11(17)7-13(10)19-9/h4-7H,8H2,1-3H3,(H,18,20)(H,21,22). The van der Waals surface area contributed by atoms with Gasteiger partial charge in [-0.25, -0.2) is 4.39 Å². The van der Waals surface area contributed by atoms with Crippen LogP contribution in [0.3, 0.4) is 0 Å². The Morgan fingerprint density at radius 2 is 2.00 bits per heavy atom. The molecule has 0 saturated carbocycles. The van der Waals surface area contributed by atoms with E-state index < -0.39 is 17.3 Å². The molecule has 0 aliphatic rings. The lowest BCUT2D eigenvalue weighted by atomic mass is 9.94. The summed E-state index contributed by atoms with van der Waals surface area (Å²) < 4.78 is 13.2. The zero-order valence-electron chi connectivity index (χ0n) is 12.6. The number of nitrogens with zero attached hydrogens (tertiary/aromatic N) is 1. The molecule has 1 heterocycles. The zero-order valence-corrected chi connectivity index (χ0v) is 12.6. The molecule has 0 saturated heterocycles. The van der Waals surface area contributed by atoms with Crippen LogP contribution in [0.15, 0.2) is 24.3 Å². The minimum Gasteiger partial charge on any atom is -0.481 e. The maximum atomic E-state index is 13.2. The van der Waals surface area contributed by atoms with E-state index >= 15 is 0 Å². The molecule has 0 radical (unpaired) electrons. The first kappa shape index (κ1) is 15.9. The third-order valence-corrected chi connectivity index (χ3v) is 3.48. The number of aliphatic carboxylic acids is 1. The van der Waals surface area contributed by atoms with Gasteiger partial charge in [0.1, 0.15) is 5.82 Å². The number of carbonyl (C=O) groups excluding carboxylic acids is 1. The zero-order chi connectivity index (χ0) is 16.5. The van der Waals surface area contributed by atoms with E-state index in [1.165, 1.54) is 26.0 Å². The molecular weight excluding hydrogens is 287 g/mol. The van der Waals surface area contributed by atoms with Gasteiger partial charge < -0.3 is 10.4 Å². The molecule has 2 aromatic rings. The Morgan fingerprint density at radius 1 is 1.32 bits per heavy atom. The van der Waals surface area contributed by atoms with Crippen molar-refractivity contribution in [3.05, 3.63) is 41.3 Å². The van der Waals surface area contributed by atoms with E-state index in [4.69, 9.17) is 5.11 Å². The number of halogens is 1. The lowest BCUT2D eigenvalue weighted by Crippen LogP contribution is -2.39. The molecule has 1 amide bonds. The number of hydrogen-bond donors (Lipinski definition) is 2. The van der Waals surface area contributed by atoms with Crippen molar-refractivity contribution in [1.29, 1.82) is 0 Å². The normalized spacial score (nSPS) is 11.5. The van der Waals surface area contributed by atoms with E-state index in [-0.39, 0.29) is 12.4 Å². The second-order valence-corrected chi connectivity index (χ2v) is 5.83. The van der Waals surface area contributed by atoms with Crippen molar-refractivity contribution < 1.29 is 19.1 Å². The largest absolute Gasteiger partial charge is 0.481 e. The average Bonchev–Trinajstić information content (AvgIpc) is 2.43. The second kappa shape index (κ2) is 5.71. The number of carboxylic acid groups (broad SMARTS) is 1. The number of aryl methyl sites for hydroxylation is 1. The van der Waals surface area contributed by atoms with Crippen LogP contribution in [0.1, 0.15) is 29.9 Å². The fraction of sp³-hybridized carbons (Fsp3) is 0.312. The van der Waals surface area contributed by atoms with Crippen molar-refractivity contribution in [3.8, 4) is 0 Å². The van der Waals surface area contributed by atoms with Crippen molar-refractivity contribution in [2.75, 3.05) is 6.54 Å². The number of carboxylic acids is 1. The lowest BCUT2D eigenvalue weighted by Gasteiger charge is -2.19. The third kappa shape index (κ3) is 3.21. The third-order valence-electron chi connectivity index (χ3n) is 3.48. The highest BCUT2D eigenvalue weighted by Gasteiger charge is 2.28.